The van der Waals surface area contributed by atoms with Crippen LogP contribution in [-0.4, -0.2) is 18.6 Å². The fourth-order valence-corrected chi connectivity index (χ4v) is 2.88. The monoisotopic (exact) mass is 300 g/mol. The predicted octanol–water partition coefficient (Wildman–Crippen LogP) is 2.06. The lowest BCUT2D eigenvalue weighted by atomic mass is 10.2. The number of hydrogen-bond donors (Lipinski definition) is 3. The molecule has 0 bridgehead atoms. The molecule has 6 nitrogen and oxygen atoms in total. The summed E-state index contributed by atoms with van der Waals surface area (Å²) in [6, 6.07) is 2.79. The molecule has 0 unspecified atom stereocenters. The second-order valence-electron chi connectivity index (χ2n) is 4.18. The van der Waals surface area contributed by atoms with E-state index in [-0.39, 0.29) is 10.6 Å². The number of nitrogens with one attached hydrogen (secondary N) is 2. The number of benzene rings is 1. The van der Waals surface area contributed by atoms with Crippen LogP contribution in [0.4, 0.5) is 11.5 Å². The van der Waals surface area contributed by atoms with Crippen molar-refractivity contribution in [2.45, 2.75) is 18.7 Å². The van der Waals surface area contributed by atoms with E-state index in [0.29, 0.717) is 22.0 Å². The molecule has 0 fully saturated rings. The van der Waals surface area contributed by atoms with E-state index in [1.165, 1.54) is 18.3 Å². The lowest BCUT2D eigenvalue weighted by Gasteiger charge is -2.10. The molecule has 2 rings (SSSR count). The Kier molecular flexibility index (Phi) is 3.42. The van der Waals surface area contributed by atoms with Crippen LogP contribution < -0.4 is 10.5 Å². The number of nitrogens with two attached hydrogens (primary N) is 1. The lowest BCUT2D eigenvalue weighted by molar-refractivity contribution is 0.601. The highest BCUT2D eigenvalue weighted by Crippen LogP contribution is 2.27. The highest BCUT2D eigenvalue weighted by Gasteiger charge is 2.18. The largest absolute Gasteiger partial charge is 0.397 e. The molecule has 0 aliphatic heterocycles. The normalized spacial score (nSPS) is 11.5. The van der Waals surface area contributed by atoms with Crippen LogP contribution in [0.5, 0.6) is 0 Å². The fourth-order valence-electron chi connectivity index (χ4n) is 1.56. The van der Waals surface area contributed by atoms with Crippen molar-refractivity contribution in [2.75, 3.05) is 10.5 Å². The molecule has 102 valence electrons. The Hall–Kier alpha value is -1.73. The van der Waals surface area contributed by atoms with Crippen LogP contribution in [0.15, 0.2) is 23.2 Å². The van der Waals surface area contributed by atoms with Gasteiger partial charge in [-0.15, -0.1) is 0 Å². The van der Waals surface area contributed by atoms with Gasteiger partial charge in [0.1, 0.15) is 5.82 Å². The quantitative estimate of drug-likeness (QED) is 0.755. The summed E-state index contributed by atoms with van der Waals surface area (Å²) in [6.45, 7) is 3.43. The number of nitrogen functional groups attached to an aromatic ring is 1. The first-order chi connectivity index (χ1) is 8.81. The number of anilines is 2. The van der Waals surface area contributed by atoms with Gasteiger partial charge in [0.25, 0.3) is 10.0 Å². The summed E-state index contributed by atoms with van der Waals surface area (Å²) in [5, 5.41) is 6.68. The minimum Gasteiger partial charge on any atom is -0.397 e. The van der Waals surface area contributed by atoms with Crippen LogP contribution in [0.1, 0.15) is 11.1 Å². The summed E-state index contributed by atoms with van der Waals surface area (Å²) in [5.41, 5.74) is 7.20. The van der Waals surface area contributed by atoms with Crippen LogP contribution in [0, 0.1) is 13.8 Å². The highest BCUT2D eigenvalue weighted by atomic mass is 35.5. The van der Waals surface area contributed by atoms with Crippen LogP contribution >= 0.6 is 11.6 Å². The first-order valence-electron chi connectivity index (χ1n) is 5.39. The average Bonchev–Trinajstić information content (AvgIpc) is 2.70. The van der Waals surface area contributed by atoms with E-state index in [1.54, 1.807) is 13.8 Å². The Balaban J connectivity index is 2.43. The van der Waals surface area contributed by atoms with Crippen molar-refractivity contribution in [3.8, 4) is 0 Å². The van der Waals surface area contributed by atoms with Gasteiger partial charge in [-0.3, -0.25) is 9.82 Å². The molecule has 0 amide bonds. The van der Waals surface area contributed by atoms with Crippen molar-refractivity contribution < 1.29 is 8.42 Å². The van der Waals surface area contributed by atoms with Gasteiger partial charge in [0.2, 0.25) is 0 Å². The fraction of sp³-hybridized carbons (Fsp3) is 0.182. The summed E-state index contributed by atoms with van der Waals surface area (Å²) in [7, 11) is -3.73. The van der Waals surface area contributed by atoms with Crippen LogP contribution in [0.2, 0.25) is 5.02 Å². The molecule has 1 aromatic carbocycles. The van der Waals surface area contributed by atoms with Crippen molar-refractivity contribution in [1.29, 1.82) is 0 Å². The lowest BCUT2D eigenvalue weighted by Crippen LogP contribution is -2.14. The van der Waals surface area contributed by atoms with Crippen LogP contribution in [0.25, 0.3) is 0 Å². The number of aryl methyl sites for hydroxylation is 2. The molecule has 0 aliphatic rings. The maximum Gasteiger partial charge on any atom is 0.263 e. The van der Waals surface area contributed by atoms with Gasteiger partial charge in [-0.05, 0) is 31.5 Å². The Labute approximate surface area is 116 Å². The maximum atomic E-state index is 12.2. The second-order valence-corrected chi connectivity index (χ2v) is 6.24. The zero-order valence-electron chi connectivity index (χ0n) is 10.4. The van der Waals surface area contributed by atoms with Gasteiger partial charge in [-0.2, -0.15) is 5.10 Å². The minimum absolute atomic E-state index is 0.0564. The summed E-state index contributed by atoms with van der Waals surface area (Å²) in [4.78, 5) is 0.0564. The van der Waals surface area contributed by atoms with E-state index in [0.717, 1.165) is 0 Å². The third-order valence-electron chi connectivity index (χ3n) is 2.63. The van der Waals surface area contributed by atoms with Crippen molar-refractivity contribution in [1.82, 2.24) is 10.2 Å². The van der Waals surface area contributed by atoms with Crippen molar-refractivity contribution in [3.63, 3.8) is 0 Å². The summed E-state index contributed by atoms with van der Waals surface area (Å²) < 4.78 is 26.8. The first kappa shape index (κ1) is 13.7. The molecule has 4 N–H and O–H groups in total. The number of halogens is 1. The number of sulfonamides is 1. The molecule has 1 heterocycles. The Bertz CT molecular complexity index is 701. The molecule has 19 heavy (non-hydrogen) atoms. The predicted molar refractivity (Wildman–Crippen MR) is 74.7 cm³/mol. The van der Waals surface area contributed by atoms with E-state index in [1.807, 2.05) is 0 Å². The van der Waals surface area contributed by atoms with Gasteiger partial charge < -0.3 is 5.73 Å². The molecule has 0 radical (unpaired) electrons. The van der Waals surface area contributed by atoms with Gasteiger partial charge in [-0.25, -0.2) is 8.42 Å². The van der Waals surface area contributed by atoms with Gasteiger partial charge in [0.05, 0.1) is 21.8 Å². The topological polar surface area (TPSA) is 101 Å². The standard InChI is InChI=1S/C11H13ClN4O2S/c1-6-3-8(4-9(13)10(6)12)19(17,18)16-11-7(2)5-14-15-11/h3-5H,13H2,1-2H3,(H2,14,15,16). The number of hydrogen-bond acceptors (Lipinski definition) is 4. The van der Waals surface area contributed by atoms with E-state index >= 15 is 0 Å². The Morgan fingerprint density at radius 3 is 2.53 bits per heavy atom. The number of H-pyrrole nitrogens is 1. The van der Waals surface area contributed by atoms with Gasteiger partial charge >= 0.3 is 0 Å². The van der Waals surface area contributed by atoms with E-state index in [9.17, 15) is 8.42 Å². The van der Waals surface area contributed by atoms with Crippen LogP contribution in [-0.2, 0) is 10.0 Å². The highest BCUT2D eigenvalue weighted by molar-refractivity contribution is 7.92. The Morgan fingerprint density at radius 1 is 1.32 bits per heavy atom. The van der Waals surface area contributed by atoms with E-state index in [2.05, 4.69) is 14.9 Å². The van der Waals surface area contributed by atoms with Crippen molar-refractivity contribution >= 4 is 33.1 Å². The molecule has 8 heteroatoms. The maximum absolute atomic E-state index is 12.2. The SMILES string of the molecule is Cc1cn[nH]c1NS(=O)(=O)c1cc(C)c(Cl)c(N)c1. The molecule has 1 aromatic heterocycles. The summed E-state index contributed by atoms with van der Waals surface area (Å²) >= 11 is 5.91. The van der Waals surface area contributed by atoms with Gasteiger partial charge in [0.15, 0.2) is 0 Å². The molecular formula is C11H13ClN4O2S. The zero-order valence-corrected chi connectivity index (χ0v) is 11.9. The molecule has 0 spiro atoms. The first-order valence-corrected chi connectivity index (χ1v) is 7.26. The summed E-state index contributed by atoms with van der Waals surface area (Å²) in [5.74, 6) is 0.325. The molecule has 0 atom stereocenters. The van der Waals surface area contributed by atoms with E-state index in [4.69, 9.17) is 17.3 Å². The smallest absolute Gasteiger partial charge is 0.263 e. The van der Waals surface area contributed by atoms with Crippen molar-refractivity contribution in [3.05, 3.63) is 34.5 Å². The number of aromatic nitrogens is 2. The number of nitrogens with zero attached hydrogens (tertiary/aromatic N) is 1. The van der Waals surface area contributed by atoms with E-state index < -0.39 is 10.0 Å². The third-order valence-corrected chi connectivity index (χ3v) is 4.48. The molecule has 0 saturated carbocycles. The number of rotatable bonds is 3. The van der Waals surface area contributed by atoms with Gasteiger partial charge in [0, 0.05) is 5.56 Å². The third kappa shape index (κ3) is 2.66. The second kappa shape index (κ2) is 4.75. The molecule has 2 aromatic rings. The Morgan fingerprint density at radius 2 is 2.00 bits per heavy atom. The molecule has 0 aliphatic carbocycles. The summed E-state index contributed by atoms with van der Waals surface area (Å²) in [6.07, 6.45) is 1.53. The van der Waals surface area contributed by atoms with Crippen molar-refractivity contribution in [2.24, 2.45) is 0 Å². The average molecular weight is 301 g/mol. The van der Waals surface area contributed by atoms with Crippen LogP contribution in [0.3, 0.4) is 0 Å². The minimum atomic E-state index is -3.73. The molecule has 0 saturated heterocycles. The number of aromatic amines is 1. The zero-order chi connectivity index (χ0) is 14.2. The molecular weight excluding hydrogens is 288 g/mol. The van der Waals surface area contributed by atoms with Gasteiger partial charge in [-0.1, -0.05) is 11.6 Å².